The third-order valence-corrected chi connectivity index (χ3v) is 5.59. The minimum absolute atomic E-state index is 0.303. The number of carbonyl (C=O) groups is 1. The lowest BCUT2D eigenvalue weighted by Crippen LogP contribution is -2.14. The Morgan fingerprint density at radius 1 is 1.25 bits per heavy atom. The molecule has 8 heteroatoms. The molecule has 0 aliphatic carbocycles. The van der Waals surface area contributed by atoms with Gasteiger partial charge in [0, 0.05) is 16.7 Å². The Bertz CT molecular complexity index is 1090. The Labute approximate surface area is 164 Å². The number of methoxy groups -OCH3 is 1. The highest BCUT2D eigenvalue weighted by atomic mass is 32.2. The molecule has 0 saturated carbocycles. The molecule has 0 spiro atoms. The molecule has 1 unspecified atom stereocenters. The molecule has 4 aromatic rings. The van der Waals surface area contributed by atoms with Crippen molar-refractivity contribution in [2.24, 2.45) is 0 Å². The number of hydrogen-bond donors (Lipinski definition) is 0. The number of fused-ring (bicyclic) bond motifs is 1. The molecule has 7 nitrogen and oxygen atoms in total. The van der Waals surface area contributed by atoms with Crippen molar-refractivity contribution in [3.8, 4) is 0 Å². The van der Waals surface area contributed by atoms with Gasteiger partial charge in [-0.2, -0.15) is 4.98 Å². The first-order valence-electron chi connectivity index (χ1n) is 8.54. The van der Waals surface area contributed by atoms with Crippen molar-refractivity contribution in [1.29, 1.82) is 0 Å². The van der Waals surface area contributed by atoms with Gasteiger partial charge in [-0.25, -0.2) is 9.78 Å². The Morgan fingerprint density at radius 3 is 2.79 bits per heavy atom. The maximum Gasteiger partial charge on any atom is 0.337 e. The van der Waals surface area contributed by atoms with Gasteiger partial charge in [0.25, 0.3) is 0 Å². The number of esters is 1. The Morgan fingerprint density at radius 2 is 2.07 bits per heavy atom. The Balaban J connectivity index is 1.78. The zero-order chi connectivity index (χ0) is 19.5. The topological polar surface area (TPSA) is 93.2 Å². The standard InChI is InChI=1S/C20H17N3O4S/c1-26-19(24)15-7-8-17-18(9-15)23(11-16-10-21-13-27-16)20(22-17)28(25)12-14-5-3-2-4-6-14/h2-10,13H,11-12H2,1H3. The second-order valence-electron chi connectivity index (χ2n) is 6.12. The van der Waals surface area contributed by atoms with Gasteiger partial charge >= 0.3 is 11.1 Å². The van der Waals surface area contributed by atoms with Crippen LogP contribution in [0.15, 0.2) is 70.7 Å². The van der Waals surface area contributed by atoms with Crippen LogP contribution < -0.4 is 0 Å². The molecule has 142 valence electrons. The van der Waals surface area contributed by atoms with E-state index in [4.69, 9.17) is 9.15 Å². The number of ether oxygens (including phenoxy) is 1. The fourth-order valence-corrected chi connectivity index (χ4v) is 4.17. The minimum atomic E-state index is -1.39. The van der Waals surface area contributed by atoms with Crippen LogP contribution in [0.4, 0.5) is 0 Å². The summed E-state index contributed by atoms with van der Waals surface area (Å²) in [6.07, 6.45) is 2.94. The monoisotopic (exact) mass is 395 g/mol. The Kier molecular flexibility index (Phi) is 5.14. The van der Waals surface area contributed by atoms with Crippen LogP contribution >= 0.6 is 0 Å². The summed E-state index contributed by atoms with van der Waals surface area (Å²) in [7, 11) is 1.33. The summed E-state index contributed by atoms with van der Waals surface area (Å²) in [4.78, 5) is 20.4. The third-order valence-electron chi connectivity index (χ3n) is 4.28. The highest BCUT2D eigenvalue weighted by molar-refractivity contribution is 7.90. The molecular weight excluding hydrogens is 378 g/mol. The van der Waals surface area contributed by atoms with Gasteiger partial charge in [-0.05, 0) is 18.2 Å². The SMILES string of the molecule is COC(=O)c1ccc2nc([S+]([O-])Cc3ccccc3)n(Cc3cnco3)c2c1. The molecule has 2 aromatic heterocycles. The van der Waals surface area contributed by atoms with Gasteiger partial charge in [-0.15, -0.1) is 0 Å². The lowest BCUT2D eigenvalue weighted by atomic mass is 10.2. The summed E-state index contributed by atoms with van der Waals surface area (Å²) in [5, 5.41) is 0.414. The van der Waals surface area contributed by atoms with Crippen LogP contribution in [-0.2, 0) is 28.2 Å². The molecule has 0 fully saturated rings. The number of nitrogens with zero attached hydrogens (tertiary/aromatic N) is 3. The van der Waals surface area contributed by atoms with Gasteiger partial charge in [0.15, 0.2) is 6.39 Å². The summed E-state index contributed by atoms with van der Waals surface area (Å²) in [6, 6.07) is 14.6. The lowest BCUT2D eigenvalue weighted by Gasteiger charge is -2.11. The summed E-state index contributed by atoms with van der Waals surface area (Å²) in [5.74, 6) is 0.492. The van der Waals surface area contributed by atoms with E-state index in [-0.39, 0.29) is 0 Å². The quantitative estimate of drug-likeness (QED) is 0.368. The van der Waals surface area contributed by atoms with Crippen LogP contribution in [0.2, 0.25) is 0 Å². The smallest absolute Gasteiger partial charge is 0.337 e. The van der Waals surface area contributed by atoms with Crippen LogP contribution in [0.5, 0.6) is 0 Å². The van der Waals surface area contributed by atoms with Crippen LogP contribution in [0.1, 0.15) is 21.7 Å². The fraction of sp³-hybridized carbons (Fsp3) is 0.150. The number of oxazole rings is 1. The number of benzene rings is 2. The average Bonchev–Trinajstić information content (AvgIpc) is 3.36. The van der Waals surface area contributed by atoms with Crippen LogP contribution in [-0.4, -0.2) is 32.2 Å². The van der Waals surface area contributed by atoms with E-state index in [0.29, 0.717) is 39.8 Å². The zero-order valence-electron chi connectivity index (χ0n) is 15.1. The first-order valence-corrected chi connectivity index (χ1v) is 9.86. The summed E-state index contributed by atoms with van der Waals surface area (Å²) in [6.45, 7) is 0.303. The third kappa shape index (κ3) is 3.64. The molecule has 2 aromatic carbocycles. The van der Waals surface area contributed by atoms with Crippen molar-refractivity contribution in [2.75, 3.05) is 7.11 Å². The lowest BCUT2D eigenvalue weighted by molar-refractivity contribution is 0.0601. The summed E-state index contributed by atoms with van der Waals surface area (Å²) < 4.78 is 25.1. The van der Waals surface area contributed by atoms with E-state index < -0.39 is 17.1 Å². The van der Waals surface area contributed by atoms with Gasteiger partial charge in [-0.1, -0.05) is 30.3 Å². The van der Waals surface area contributed by atoms with E-state index in [1.807, 2.05) is 30.3 Å². The highest BCUT2D eigenvalue weighted by Gasteiger charge is 2.24. The first kappa shape index (κ1) is 18.3. The predicted molar refractivity (Wildman–Crippen MR) is 103 cm³/mol. The molecule has 0 radical (unpaired) electrons. The van der Waals surface area contributed by atoms with Crippen LogP contribution in [0.25, 0.3) is 11.0 Å². The molecule has 4 rings (SSSR count). The largest absolute Gasteiger partial charge is 0.609 e. The van der Waals surface area contributed by atoms with E-state index in [1.165, 1.54) is 13.5 Å². The van der Waals surface area contributed by atoms with E-state index in [0.717, 1.165) is 5.56 Å². The van der Waals surface area contributed by atoms with Crippen molar-refractivity contribution in [3.63, 3.8) is 0 Å². The number of imidazole rings is 1. The minimum Gasteiger partial charge on any atom is -0.609 e. The van der Waals surface area contributed by atoms with Crippen molar-refractivity contribution in [3.05, 3.63) is 78.0 Å². The predicted octanol–water partition coefficient (Wildman–Crippen LogP) is 3.17. The maximum atomic E-state index is 13.1. The van der Waals surface area contributed by atoms with Crippen molar-refractivity contribution in [1.82, 2.24) is 14.5 Å². The number of rotatable bonds is 6. The molecule has 0 bridgehead atoms. The maximum absolute atomic E-state index is 13.1. The Hall–Kier alpha value is -3.10. The van der Waals surface area contributed by atoms with E-state index in [2.05, 4.69) is 9.97 Å². The van der Waals surface area contributed by atoms with E-state index in [1.54, 1.807) is 29.0 Å². The molecule has 2 heterocycles. The molecule has 0 saturated heterocycles. The second kappa shape index (κ2) is 7.87. The molecule has 0 aliphatic rings. The average molecular weight is 395 g/mol. The molecule has 28 heavy (non-hydrogen) atoms. The van der Waals surface area contributed by atoms with Crippen molar-refractivity contribution >= 4 is 28.2 Å². The van der Waals surface area contributed by atoms with Gasteiger partial charge in [0.1, 0.15) is 11.5 Å². The first-order chi connectivity index (χ1) is 13.7. The molecule has 1 atom stereocenters. The van der Waals surface area contributed by atoms with Gasteiger partial charge in [-0.3, -0.25) is 4.57 Å². The van der Waals surface area contributed by atoms with Crippen LogP contribution in [0, 0.1) is 0 Å². The van der Waals surface area contributed by atoms with E-state index >= 15 is 0 Å². The van der Waals surface area contributed by atoms with Gasteiger partial charge in [0.05, 0.1) is 36.4 Å². The van der Waals surface area contributed by atoms with Gasteiger partial charge < -0.3 is 13.7 Å². The van der Waals surface area contributed by atoms with Crippen molar-refractivity contribution < 1.29 is 18.5 Å². The molecule has 0 N–H and O–H groups in total. The molecular formula is C20H17N3O4S. The van der Waals surface area contributed by atoms with E-state index in [9.17, 15) is 9.35 Å². The summed E-state index contributed by atoms with van der Waals surface area (Å²) in [5.41, 5.74) is 2.67. The van der Waals surface area contributed by atoms with Gasteiger partial charge in [0.2, 0.25) is 0 Å². The number of aromatic nitrogens is 3. The van der Waals surface area contributed by atoms with Crippen molar-refractivity contribution in [2.45, 2.75) is 17.5 Å². The summed E-state index contributed by atoms with van der Waals surface area (Å²) >= 11 is -1.39. The highest BCUT2D eigenvalue weighted by Crippen LogP contribution is 2.25. The normalized spacial score (nSPS) is 12.2. The fourth-order valence-electron chi connectivity index (χ4n) is 2.94. The second-order valence-corrected chi connectivity index (χ2v) is 7.46. The number of hydrogen-bond acceptors (Lipinski definition) is 6. The zero-order valence-corrected chi connectivity index (χ0v) is 15.9. The molecule has 0 aliphatic heterocycles. The molecule has 0 amide bonds. The van der Waals surface area contributed by atoms with Crippen LogP contribution in [0.3, 0.4) is 0 Å². The number of carbonyl (C=O) groups excluding carboxylic acids is 1.